The molecule has 2 aromatic carbocycles. The van der Waals surface area contributed by atoms with Gasteiger partial charge < -0.3 is 4.90 Å². The Morgan fingerprint density at radius 3 is 2.34 bits per heavy atom. The number of nitrogens with zero attached hydrogens (tertiary/aromatic N) is 3. The van der Waals surface area contributed by atoms with Crippen LogP contribution in [0.5, 0.6) is 0 Å². The standard InChI is InChI=1S/C25H26FN3O2S/c1-18(23(30)28-15-7-2-3-8-16-28)32-25-27-22(17-19-9-5-4-6-10-19)24(31)29(25)21-13-11-20(26)12-14-21/h4-6,9-14,17-18H,2-3,7-8,15-16H2,1H3/b22-17-. The van der Waals surface area contributed by atoms with Crippen molar-refractivity contribution in [1.82, 2.24) is 4.90 Å². The molecule has 0 aromatic heterocycles. The molecule has 2 aliphatic rings. The second kappa shape index (κ2) is 10.1. The molecule has 2 amide bonds. The fourth-order valence-corrected chi connectivity index (χ4v) is 4.87. The third kappa shape index (κ3) is 5.10. The van der Waals surface area contributed by atoms with E-state index < -0.39 is 5.25 Å². The Hall–Kier alpha value is -2.93. The van der Waals surface area contributed by atoms with Crippen LogP contribution in [0, 0.1) is 5.82 Å². The first-order chi connectivity index (χ1) is 15.5. The van der Waals surface area contributed by atoms with Gasteiger partial charge in [0.15, 0.2) is 5.17 Å². The number of halogens is 1. The molecule has 0 bridgehead atoms. The Kier molecular flexibility index (Phi) is 7.05. The zero-order valence-electron chi connectivity index (χ0n) is 18.0. The Labute approximate surface area is 192 Å². The van der Waals surface area contributed by atoms with Crippen LogP contribution < -0.4 is 4.90 Å². The van der Waals surface area contributed by atoms with Crippen molar-refractivity contribution in [2.75, 3.05) is 18.0 Å². The summed E-state index contributed by atoms with van der Waals surface area (Å²) in [7, 11) is 0. The lowest BCUT2D eigenvalue weighted by Crippen LogP contribution is -2.39. The highest BCUT2D eigenvalue weighted by Gasteiger charge is 2.35. The van der Waals surface area contributed by atoms with E-state index in [4.69, 9.17) is 0 Å². The van der Waals surface area contributed by atoms with Crippen molar-refractivity contribution >= 4 is 40.5 Å². The maximum Gasteiger partial charge on any atom is 0.283 e. The fraction of sp³-hybridized carbons (Fsp3) is 0.320. The van der Waals surface area contributed by atoms with Gasteiger partial charge in [0, 0.05) is 13.1 Å². The number of carbonyl (C=O) groups is 2. The highest BCUT2D eigenvalue weighted by molar-refractivity contribution is 8.15. The summed E-state index contributed by atoms with van der Waals surface area (Å²) in [6.45, 7) is 3.40. The monoisotopic (exact) mass is 451 g/mol. The lowest BCUT2D eigenvalue weighted by Gasteiger charge is -2.25. The predicted octanol–water partition coefficient (Wildman–Crippen LogP) is 5.09. The van der Waals surface area contributed by atoms with Gasteiger partial charge in [-0.05, 0) is 55.7 Å². The maximum absolute atomic E-state index is 13.5. The van der Waals surface area contributed by atoms with Gasteiger partial charge in [-0.2, -0.15) is 0 Å². The zero-order chi connectivity index (χ0) is 22.5. The third-order valence-electron chi connectivity index (χ3n) is 5.57. The van der Waals surface area contributed by atoms with Gasteiger partial charge in [-0.1, -0.05) is 54.9 Å². The molecule has 4 rings (SSSR count). The summed E-state index contributed by atoms with van der Waals surface area (Å²) in [5.41, 5.74) is 1.67. The van der Waals surface area contributed by atoms with Crippen molar-refractivity contribution in [3.05, 3.63) is 71.7 Å². The summed E-state index contributed by atoms with van der Waals surface area (Å²) in [5, 5.41) is 0.0399. The first-order valence-electron chi connectivity index (χ1n) is 10.9. The molecule has 32 heavy (non-hydrogen) atoms. The average Bonchev–Trinajstić information content (AvgIpc) is 2.98. The minimum atomic E-state index is -0.390. The van der Waals surface area contributed by atoms with Crippen LogP contribution in [0.1, 0.15) is 38.2 Å². The molecular weight excluding hydrogens is 425 g/mol. The summed E-state index contributed by atoms with van der Waals surface area (Å²) < 4.78 is 13.5. The van der Waals surface area contributed by atoms with E-state index in [0.717, 1.165) is 44.3 Å². The quantitative estimate of drug-likeness (QED) is 0.608. The van der Waals surface area contributed by atoms with Crippen LogP contribution in [0.2, 0.25) is 0 Å². The van der Waals surface area contributed by atoms with Gasteiger partial charge in [0.1, 0.15) is 11.5 Å². The van der Waals surface area contributed by atoms with Crippen molar-refractivity contribution < 1.29 is 14.0 Å². The van der Waals surface area contributed by atoms with Crippen molar-refractivity contribution in [2.45, 2.75) is 37.9 Å². The Morgan fingerprint density at radius 2 is 1.69 bits per heavy atom. The lowest BCUT2D eigenvalue weighted by atomic mass is 10.2. The van der Waals surface area contributed by atoms with Crippen LogP contribution in [0.25, 0.3) is 6.08 Å². The summed E-state index contributed by atoms with van der Waals surface area (Å²) in [4.78, 5) is 34.3. The Balaban J connectivity index is 1.61. The number of aliphatic imine (C=N–C) groups is 1. The van der Waals surface area contributed by atoms with Crippen molar-refractivity contribution in [2.24, 2.45) is 4.99 Å². The number of rotatable bonds is 4. The number of carbonyl (C=O) groups excluding carboxylic acids is 2. The molecule has 7 heteroatoms. The molecule has 1 unspecified atom stereocenters. The van der Waals surface area contributed by atoms with Crippen LogP contribution in [0.3, 0.4) is 0 Å². The second-order valence-electron chi connectivity index (χ2n) is 7.95. The van der Waals surface area contributed by atoms with Crippen LogP contribution in [-0.2, 0) is 9.59 Å². The van der Waals surface area contributed by atoms with Crippen LogP contribution in [0.15, 0.2) is 65.3 Å². The first-order valence-corrected chi connectivity index (χ1v) is 11.8. The van der Waals surface area contributed by atoms with Crippen molar-refractivity contribution in [3.8, 4) is 0 Å². The van der Waals surface area contributed by atoms with Crippen molar-refractivity contribution in [3.63, 3.8) is 0 Å². The molecule has 0 radical (unpaired) electrons. The summed E-state index contributed by atoms with van der Waals surface area (Å²) in [6.07, 6.45) is 6.08. The number of amidine groups is 1. The number of anilines is 1. The molecule has 1 atom stereocenters. The minimum absolute atomic E-state index is 0.0617. The van der Waals surface area contributed by atoms with Gasteiger partial charge in [0.05, 0.1) is 10.9 Å². The lowest BCUT2D eigenvalue weighted by molar-refractivity contribution is -0.130. The molecular formula is C25H26FN3O2S. The van der Waals surface area contributed by atoms with Gasteiger partial charge in [-0.3, -0.25) is 14.5 Å². The van der Waals surface area contributed by atoms with Crippen LogP contribution in [0.4, 0.5) is 10.1 Å². The van der Waals surface area contributed by atoms with Gasteiger partial charge in [0.2, 0.25) is 5.91 Å². The molecule has 0 N–H and O–H groups in total. The molecule has 2 aromatic rings. The summed E-state index contributed by atoms with van der Waals surface area (Å²) in [6, 6.07) is 15.2. The number of amides is 2. The number of benzene rings is 2. The van der Waals surface area contributed by atoms with E-state index in [0.29, 0.717) is 10.9 Å². The Bertz CT molecular complexity index is 1030. The van der Waals surface area contributed by atoms with E-state index in [2.05, 4.69) is 4.99 Å². The van der Waals surface area contributed by atoms with Crippen LogP contribution in [-0.4, -0.2) is 40.2 Å². The van der Waals surface area contributed by atoms with E-state index in [9.17, 15) is 14.0 Å². The highest BCUT2D eigenvalue weighted by atomic mass is 32.2. The SMILES string of the molecule is CC(SC1=N/C(=C\c2ccccc2)C(=O)N1c1ccc(F)cc1)C(=O)N1CCCCCC1. The van der Waals surface area contributed by atoms with Crippen molar-refractivity contribution in [1.29, 1.82) is 0 Å². The predicted molar refractivity (Wildman–Crippen MR) is 128 cm³/mol. The zero-order valence-corrected chi connectivity index (χ0v) is 18.9. The molecule has 1 saturated heterocycles. The third-order valence-corrected chi connectivity index (χ3v) is 6.60. The number of hydrogen-bond acceptors (Lipinski definition) is 4. The maximum atomic E-state index is 13.5. The Morgan fingerprint density at radius 1 is 1.03 bits per heavy atom. The van der Waals surface area contributed by atoms with Gasteiger partial charge in [-0.25, -0.2) is 9.38 Å². The van der Waals surface area contributed by atoms with Gasteiger partial charge in [-0.15, -0.1) is 0 Å². The summed E-state index contributed by atoms with van der Waals surface area (Å²) >= 11 is 1.27. The number of hydrogen-bond donors (Lipinski definition) is 0. The van der Waals surface area contributed by atoms with E-state index in [1.165, 1.54) is 28.8 Å². The van der Waals surface area contributed by atoms with Crippen LogP contribution >= 0.6 is 11.8 Å². The molecule has 2 aliphatic heterocycles. The molecule has 2 heterocycles. The first kappa shape index (κ1) is 22.3. The second-order valence-corrected chi connectivity index (χ2v) is 9.26. The largest absolute Gasteiger partial charge is 0.342 e. The number of likely N-dealkylation sites (tertiary alicyclic amines) is 1. The average molecular weight is 452 g/mol. The van der Waals surface area contributed by atoms with Gasteiger partial charge >= 0.3 is 0 Å². The van der Waals surface area contributed by atoms with E-state index in [1.807, 2.05) is 42.2 Å². The number of thioether (sulfide) groups is 1. The molecule has 5 nitrogen and oxygen atoms in total. The van der Waals surface area contributed by atoms with Gasteiger partial charge in [0.25, 0.3) is 5.91 Å². The fourth-order valence-electron chi connectivity index (χ4n) is 3.86. The highest BCUT2D eigenvalue weighted by Crippen LogP contribution is 2.32. The molecule has 166 valence electrons. The van der Waals surface area contributed by atoms with E-state index in [1.54, 1.807) is 18.2 Å². The molecule has 0 saturated carbocycles. The molecule has 0 aliphatic carbocycles. The minimum Gasteiger partial charge on any atom is -0.342 e. The normalized spacial score (nSPS) is 19.1. The topological polar surface area (TPSA) is 53.0 Å². The molecule has 0 spiro atoms. The molecule has 1 fully saturated rings. The summed E-state index contributed by atoms with van der Waals surface area (Å²) in [5.74, 6) is -0.611. The van der Waals surface area contributed by atoms with E-state index >= 15 is 0 Å². The van der Waals surface area contributed by atoms with E-state index in [-0.39, 0.29) is 23.3 Å². The smallest absolute Gasteiger partial charge is 0.283 e.